The van der Waals surface area contributed by atoms with Crippen molar-refractivity contribution in [2.24, 2.45) is 0 Å². The maximum Gasteiger partial charge on any atom is 0.225 e. The van der Waals surface area contributed by atoms with Crippen LogP contribution >= 0.6 is 0 Å². The van der Waals surface area contributed by atoms with E-state index in [-0.39, 0.29) is 12.5 Å². The summed E-state index contributed by atoms with van der Waals surface area (Å²) in [5, 5.41) is 9.57. The molecule has 1 N–H and O–H groups in total. The quantitative estimate of drug-likeness (QED) is 0.866. The first-order valence-corrected chi connectivity index (χ1v) is 5.85. The molecule has 18 heavy (non-hydrogen) atoms. The van der Waals surface area contributed by atoms with Crippen molar-refractivity contribution in [3.8, 4) is 11.5 Å². The molecule has 0 aliphatic carbocycles. The summed E-state index contributed by atoms with van der Waals surface area (Å²) in [6.45, 7) is 0.621. The molecule has 2 rings (SSSR count). The third-order valence-electron chi connectivity index (χ3n) is 2.82. The number of rotatable bonds is 4. The van der Waals surface area contributed by atoms with Crippen molar-refractivity contribution in [1.29, 1.82) is 0 Å². The van der Waals surface area contributed by atoms with E-state index in [0.717, 1.165) is 5.56 Å². The second-order valence-electron chi connectivity index (χ2n) is 4.41. The van der Waals surface area contributed by atoms with E-state index in [1.165, 1.54) is 4.90 Å². The number of carbonyl (C=O) groups excluding carboxylic acids is 1. The van der Waals surface area contributed by atoms with Crippen molar-refractivity contribution >= 4 is 5.91 Å². The van der Waals surface area contributed by atoms with Crippen LogP contribution in [0.4, 0.5) is 0 Å². The van der Waals surface area contributed by atoms with Gasteiger partial charge in [-0.1, -0.05) is 0 Å². The Labute approximate surface area is 106 Å². The van der Waals surface area contributed by atoms with Crippen LogP contribution in [0.3, 0.4) is 0 Å². The Kier molecular flexibility index (Phi) is 3.72. The van der Waals surface area contributed by atoms with Crippen molar-refractivity contribution < 1.29 is 19.4 Å². The monoisotopic (exact) mass is 251 g/mol. The van der Waals surface area contributed by atoms with Gasteiger partial charge in [0.05, 0.1) is 13.0 Å². The van der Waals surface area contributed by atoms with Crippen molar-refractivity contribution in [3.05, 3.63) is 23.8 Å². The third-order valence-corrected chi connectivity index (χ3v) is 2.82. The molecule has 5 heteroatoms. The number of hydrogen-bond donors (Lipinski definition) is 1. The summed E-state index contributed by atoms with van der Waals surface area (Å²) < 4.78 is 10.8. The Balaban J connectivity index is 1.90. The van der Waals surface area contributed by atoms with Crippen LogP contribution in [0.25, 0.3) is 0 Å². The zero-order valence-electron chi connectivity index (χ0n) is 10.5. The SMILES string of the molecule is CN(C)C(=O)CCOc1ccc2c(c1)OCC2O. The standard InChI is InChI=1S/C13H17NO4/c1-14(2)13(16)5-6-17-9-3-4-10-11(15)8-18-12(10)7-9/h3-4,7,11,15H,5-6,8H2,1-2H3. The summed E-state index contributed by atoms with van der Waals surface area (Å²) in [6.07, 6.45) is -0.211. The number of fused-ring (bicyclic) bond motifs is 1. The van der Waals surface area contributed by atoms with Crippen LogP contribution in [0.15, 0.2) is 18.2 Å². The molecule has 98 valence electrons. The van der Waals surface area contributed by atoms with Gasteiger partial charge in [0.2, 0.25) is 5.91 Å². The summed E-state index contributed by atoms with van der Waals surface area (Å²) in [4.78, 5) is 12.9. The van der Waals surface area contributed by atoms with E-state index in [0.29, 0.717) is 24.5 Å². The lowest BCUT2D eigenvalue weighted by molar-refractivity contribution is -0.129. The highest BCUT2D eigenvalue weighted by Crippen LogP contribution is 2.34. The Morgan fingerprint density at radius 2 is 2.33 bits per heavy atom. The highest BCUT2D eigenvalue weighted by atomic mass is 16.5. The first-order valence-electron chi connectivity index (χ1n) is 5.85. The lowest BCUT2D eigenvalue weighted by atomic mass is 10.1. The Hall–Kier alpha value is -1.75. The van der Waals surface area contributed by atoms with Gasteiger partial charge in [0.1, 0.15) is 24.2 Å². The maximum absolute atomic E-state index is 11.4. The van der Waals surface area contributed by atoms with Crippen molar-refractivity contribution in [1.82, 2.24) is 4.90 Å². The lowest BCUT2D eigenvalue weighted by Crippen LogP contribution is -2.23. The number of nitrogens with zero attached hydrogens (tertiary/aromatic N) is 1. The Morgan fingerprint density at radius 3 is 3.06 bits per heavy atom. The van der Waals surface area contributed by atoms with Gasteiger partial charge in [-0.05, 0) is 12.1 Å². The number of amides is 1. The summed E-state index contributed by atoms with van der Waals surface area (Å²) in [5.41, 5.74) is 0.784. The fourth-order valence-corrected chi connectivity index (χ4v) is 1.74. The molecule has 0 saturated carbocycles. The summed E-state index contributed by atoms with van der Waals surface area (Å²) in [6, 6.07) is 5.30. The molecule has 1 unspecified atom stereocenters. The minimum atomic E-state index is -0.552. The van der Waals surface area contributed by atoms with E-state index in [4.69, 9.17) is 9.47 Å². The van der Waals surface area contributed by atoms with Gasteiger partial charge in [0.25, 0.3) is 0 Å². The molecular weight excluding hydrogens is 234 g/mol. The Morgan fingerprint density at radius 1 is 1.56 bits per heavy atom. The molecule has 0 aromatic heterocycles. The van der Waals surface area contributed by atoms with Crippen LogP contribution in [0.2, 0.25) is 0 Å². The average Bonchev–Trinajstić information content (AvgIpc) is 2.70. The third kappa shape index (κ3) is 2.73. The van der Waals surface area contributed by atoms with Gasteiger partial charge in [0, 0.05) is 25.7 Å². The highest BCUT2D eigenvalue weighted by Gasteiger charge is 2.22. The van der Waals surface area contributed by atoms with Crippen LogP contribution in [0.1, 0.15) is 18.1 Å². The van der Waals surface area contributed by atoms with E-state index >= 15 is 0 Å². The minimum absolute atomic E-state index is 0.0304. The normalized spacial score (nSPS) is 16.9. The summed E-state index contributed by atoms with van der Waals surface area (Å²) in [7, 11) is 3.43. The van der Waals surface area contributed by atoms with Crippen LogP contribution in [-0.4, -0.2) is 43.2 Å². The van der Waals surface area contributed by atoms with E-state index in [9.17, 15) is 9.90 Å². The van der Waals surface area contributed by atoms with Crippen molar-refractivity contribution in [2.75, 3.05) is 27.3 Å². The molecule has 0 fully saturated rings. The highest BCUT2D eigenvalue weighted by molar-refractivity contribution is 5.75. The molecule has 1 amide bonds. The molecule has 1 atom stereocenters. The van der Waals surface area contributed by atoms with E-state index in [1.54, 1.807) is 32.3 Å². The number of aliphatic hydroxyl groups is 1. The number of hydrogen-bond acceptors (Lipinski definition) is 4. The second-order valence-corrected chi connectivity index (χ2v) is 4.41. The fraction of sp³-hybridized carbons (Fsp3) is 0.462. The molecule has 1 aliphatic rings. The Bertz CT molecular complexity index is 445. The largest absolute Gasteiger partial charge is 0.493 e. The molecule has 0 radical (unpaired) electrons. The maximum atomic E-state index is 11.4. The molecule has 0 spiro atoms. The molecule has 1 heterocycles. The van der Waals surface area contributed by atoms with Gasteiger partial charge in [0.15, 0.2) is 0 Å². The average molecular weight is 251 g/mol. The lowest BCUT2D eigenvalue weighted by Gasteiger charge is -2.11. The van der Waals surface area contributed by atoms with Crippen LogP contribution in [-0.2, 0) is 4.79 Å². The van der Waals surface area contributed by atoms with Gasteiger partial charge in [-0.15, -0.1) is 0 Å². The van der Waals surface area contributed by atoms with Crippen LogP contribution in [0, 0.1) is 0 Å². The topological polar surface area (TPSA) is 59.0 Å². The second kappa shape index (κ2) is 5.27. The van der Waals surface area contributed by atoms with Crippen molar-refractivity contribution in [2.45, 2.75) is 12.5 Å². The molecule has 1 aromatic rings. The van der Waals surface area contributed by atoms with Gasteiger partial charge in [-0.3, -0.25) is 4.79 Å². The number of aliphatic hydroxyl groups excluding tert-OH is 1. The number of benzene rings is 1. The van der Waals surface area contributed by atoms with E-state index in [1.807, 2.05) is 0 Å². The van der Waals surface area contributed by atoms with E-state index < -0.39 is 6.10 Å². The van der Waals surface area contributed by atoms with Crippen LogP contribution < -0.4 is 9.47 Å². The number of ether oxygens (including phenoxy) is 2. The molecule has 0 saturated heterocycles. The van der Waals surface area contributed by atoms with E-state index in [2.05, 4.69) is 0 Å². The first-order chi connectivity index (χ1) is 8.58. The predicted molar refractivity (Wildman–Crippen MR) is 65.7 cm³/mol. The smallest absolute Gasteiger partial charge is 0.225 e. The molecule has 5 nitrogen and oxygen atoms in total. The van der Waals surface area contributed by atoms with Crippen LogP contribution in [0.5, 0.6) is 11.5 Å². The predicted octanol–water partition coefficient (Wildman–Crippen LogP) is 0.969. The van der Waals surface area contributed by atoms with Gasteiger partial charge < -0.3 is 19.5 Å². The zero-order chi connectivity index (χ0) is 13.1. The molecule has 1 aliphatic heterocycles. The van der Waals surface area contributed by atoms with Crippen molar-refractivity contribution in [3.63, 3.8) is 0 Å². The summed E-state index contributed by atoms with van der Waals surface area (Å²) >= 11 is 0. The molecule has 1 aromatic carbocycles. The number of carbonyl (C=O) groups is 1. The first kappa shape index (κ1) is 12.7. The van der Waals surface area contributed by atoms with Gasteiger partial charge >= 0.3 is 0 Å². The molecular formula is C13H17NO4. The summed E-state index contributed by atoms with van der Waals surface area (Å²) in [5.74, 6) is 1.33. The zero-order valence-corrected chi connectivity index (χ0v) is 10.5. The van der Waals surface area contributed by atoms with Gasteiger partial charge in [-0.25, -0.2) is 0 Å². The fourth-order valence-electron chi connectivity index (χ4n) is 1.74. The van der Waals surface area contributed by atoms with Gasteiger partial charge in [-0.2, -0.15) is 0 Å². The minimum Gasteiger partial charge on any atom is -0.493 e. The molecule has 0 bridgehead atoms.